The van der Waals surface area contributed by atoms with E-state index in [4.69, 9.17) is 4.74 Å². The number of benzene rings is 1. The molecule has 0 spiro atoms. The summed E-state index contributed by atoms with van der Waals surface area (Å²) in [5.41, 5.74) is 2.40. The molecule has 0 saturated heterocycles. The molecule has 1 aromatic carbocycles. The number of esters is 1. The highest BCUT2D eigenvalue weighted by Crippen LogP contribution is 2.05. The molecule has 3 heteroatoms. The van der Waals surface area contributed by atoms with Crippen molar-refractivity contribution in [3.63, 3.8) is 0 Å². The number of aryl methyl sites for hydroxylation is 1. The summed E-state index contributed by atoms with van der Waals surface area (Å²) in [5, 5.41) is 0. The van der Waals surface area contributed by atoms with E-state index in [-0.39, 0.29) is 12.6 Å². The molecule has 0 amide bonds. The number of carbonyl (C=O) groups is 1. The lowest BCUT2D eigenvalue weighted by molar-refractivity contribution is 0.0472. The maximum Gasteiger partial charge on any atom is 0.338 e. The van der Waals surface area contributed by atoms with E-state index in [0.29, 0.717) is 5.56 Å². The minimum absolute atomic E-state index is 0.251. The van der Waals surface area contributed by atoms with Gasteiger partial charge in [-0.3, -0.25) is 4.98 Å². The molecule has 0 atom stereocenters. The predicted octanol–water partition coefficient (Wildman–Crippen LogP) is 2.75. The second-order valence-corrected chi connectivity index (χ2v) is 3.75. The fourth-order valence-electron chi connectivity index (χ4n) is 1.39. The van der Waals surface area contributed by atoms with Gasteiger partial charge >= 0.3 is 5.97 Å². The van der Waals surface area contributed by atoms with Crippen LogP contribution in [0.5, 0.6) is 0 Å². The van der Waals surface area contributed by atoms with Crippen molar-refractivity contribution in [2.75, 3.05) is 0 Å². The second-order valence-electron chi connectivity index (χ2n) is 3.75. The fraction of sp³-hybridized carbons (Fsp3) is 0.143. The van der Waals surface area contributed by atoms with Crippen LogP contribution in [0.4, 0.5) is 0 Å². The molecule has 0 aliphatic heterocycles. The van der Waals surface area contributed by atoms with Crippen LogP contribution in [0.25, 0.3) is 0 Å². The van der Waals surface area contributed by atoms with Gasteiger partial charge in [0.25, 0.3) is 0 Å². The highest BCUT2D eigenvalue weighted by atomic mass is 16.5. The maximum atomic E-state index is 11.6. The molecule has 1 heterocycles. The van der Waals surface area contributed by atoms with Crippen LogP contribution in [0, 0.1) is 6.92 Å². The van der Waals surface area contributed by atoms with Gasteiger partial charge in [0, 0.05) is 17.5 Å². The summed E-state index contributed by atoms with van der Waals surface area (Å²) in [6.45, 7) is 2.17. The summed E-state index contributed by atoms with van der Waals surface area (Å²) in [6, 6.07) is 12.7. The van der Waals surface area contributed by atoms with Gasteiger partial charge in [-0.25, -0.2) is 4.79 Å². The van der Waals surface area contributed by atoms with E-state index in [2.05, 4.69) is 4.98 Å². The third-order valence-corrected chi connectivity index (χ3v) is 2.35. The first kappa shape index (κ1) is 11.3. The minimum atomic E-state index is -0.314. The number of nitrogens with zero attached hydrogens (tertiary/aromatic N) is 1. The molecule has 17 heavy (non-hydrogen) atoms. The number of rotatable bonds is 3. The summed E-state index contributed by atoms with van der Waals surface area (Å²) >= 11 is 0. The second kappa shape index (κ2) is 5.25. The highest BCUT2D eigenvalue weighted by Gasteiger charge is 2.05. The van der Waals surface area contributed by atoms with Crippen LogP contribution in [0.1, 0.15) is 21.6 Å². The van der Waals surface area contributed by atoms with Gasteiger partial charge in [-0.15, -0.1) is 0 Å². The number of pyridine rings is 1. The smallest absolute Gasteiger partial charge is 0.338 e. The van der Waals surface area contributed by atoms with Crippen molar-refractivity contribution in [1.82, 2.24) is 4.98 Å². The quantitative estimate of drug-likeness (QED) is 0.757. The third kappa shape index (κ3) is 3.14. The average Bonchev–Trinajstić information content (AvgIpc) is 2.39. The Kier molecular flexibility index (Phi) is 3.50. The molecule has 0 N–H and O–H groups in total. The third-order valence-electron chi connectivity index (χ3n) is 2.35. The zero-order valence-corrected chi connectivity index (χ0v) is 9.59. The molecule has 2 rings (SSSR count). The van der Waals surface area contributed by atoms with Crippen LogP contribution in [0.3, 0.4) is 0 Å². The molecule has 0 bridgehead atoms. The van der Waals surface area contributed by atoms with Crippen molar-refractivity contribution in [3.8, 4) is 0 Å². The lowest BCUT2D eigenvalue weighted by atomic mass is 10.2. The first-order valence-electron chi connectivity index (χ1n) is 5.39. The molecule has 86 valence electrons. The van der Waals surface area contributed by atoms with Crippen molar-refractivity contribution in [1.29, 1.82) is 0 Å². The molecule has 0 fully saturated rings. The number of hydrogen-bond acceptors (Lipinski definition) is 3. The normalized spacial score (nSPS) is 9.94. The van der Waals surface area contributed by atoms with E-state index in [1.54, 1.807) is 18.3 Å². The molecule has 0 unspecified atom stereocenters. The van der Waals surface area contributed by atoms with Crippen LogP contribution in [-0.4, -0.2) is 11.0 Å². The van der Waals surface area contributed by atoms with E-state index in [1.807, 2.05) is 37.3 Å². The van der Waals surface area contributed by atoms with Gasteiger partial charge in [0.15, 0.2) is 0 Å². The van der Waals surface area contributed by atoms with E-state index in [0.717, 1.165) is 11.3 Å². The Bertz CT molecular complexity index is 491. The predicted molar refractivity (Wildman–Crippen MR) is 64.5 cm³/mol. The number of ether oxygens (including phenoxy) is 1. The SMILES string of the molecule is Cc1ccc(COC(=O)c2ccccc2)cn1. The Morgan fingerprint density at radius 1 is 1.18 bits per heavy atom. The molecule has 2 aromatic rings. The van der Waals surface area contributed by atoms with Gasteiger partial charge in [0.2, 0.25) is 0 Å². The van der Waals surface area contributed by atoms with Gasteiger partial charge in [-0.1, -0.05) is 24.3 Å². The van der Waals surface area contributed by atoms with Gasteiger partial charge < -0.3 is 4.74 Å². The van der Waals surface area contributed by atoms with Crippen molar-refractivity contribution >= 4 is 5.97 Å². The fourth-order valence-corrected chi connectivity index (χ4v) is 1.39. The van der Waals surface area contributed by atoms with Gasteiger partial charge in [-0.05, 0) is 25.1 Å². The van der Waals surface area contributed by atoms with Gasteiger partial charge in [0.1, 0.15) is 6.61 Å². The molecule has 0 radical (unpaired) electrons. The van der Waals surface area contributed by atoms with Crippen LogP contribution in [0.2, 0.25) is 0 Å². The molecule has 3 nitrogen and oxygen atoms in total. The summed E-state index contributed by atoms with van der Waals surface area (Å²) < 4.78 is 5.18. The molecular weight excluding hydrogens is 214 g/mol. The van der Waals surface area contributed by atoms with E-state index in [9.17, 15) is 4.79 Å². The van der Waals surface area contributed by atoms with Crippen LogP contribution in [0.15, 0.2) is 48.7 Å². The first-order valence-corrected chi connectivity index (χ1v) is 5.39. The summed E-state index contributed by atoms with van der Waals surface area (Å²) in [5.74, 6) is -0.314. The Labute approximate surface area is 100 Å². The Hall–Kier alpha value is -2.16. The average molecular weight is 227 g/mol. The lowest BCUT2D eigenvalue weighted by Gasteiger charge is -2.04. The molecule has 0 aliphatic carbocycles. The maximum absolute atomic E-state index is 11.6. The first-order chi connectivity index (χ1) is 8.25. The Morgan fingerprint density at radius 3 is 2.59 bits per heavy atom. The van der Waals surface area contributed by atoms with Gasteiger partial charge in [-0.2, -0.15) is 0 Å². The van der Waals surface area contributed by atoms with Crippen molar-refractivity contribution in [2.45, 2.75) is 13.5 Å². The number of aromatic nitrogens is 1. The molecule has 0 saturated carbocycles. The zero-order chi connectivity index (χ0) is 12.1. The molecular formula is C14H13NO2. The Balaban J connectivity index is 1.95. The van der Waals surface area contributed by atoms with Gasteiger partial charge in [0.05, 0.1) is 5.56 Å². The molecule has 0 aliphatic rings. The van der Waals surface area contributed by atoms with Crippen molar-refractivity contribution < 1.29 is 9.53 Å². The minimum Gasteiger partial charge on any atom is -0.457 e. The topological polar surface area (TPSA) is 39.2 Å². The standard InChI is InChI=1S/C14H13NO2/c1-11-7-8-12(9-15-11)10-17-14(16)13-5-3-2-4-6-13/h2-9H,10H2,1H3. The zero-order valence-electron chi connectivity index (χ0n) is 9.59. The van der Waals surface area contributed by atoms with Crippen LogP contribution >= 0.6 is 0 Å². The van der Waals surface area contributed by atoms with Crippen molar-refractivity contribution in [3.05, 3.63) is 65.5 Å². The van der Waals surface area contributed by atoms with E-state index >= 15 is 0 Å². The highest BCUT2D eigenvalue weighted by molar-refractivity contribution is 5.89. The summed E-state index contributed by atoms with van der Waals surface area (Å²) in [7, 11) is 0. The van der Waals surface area contributed by atoms with E-state index in [1.165, 1.54) is 0 Å². The lowest BCUT2D eigenvalue weighted by Crippen LogP contribution is -2.05. The largest absolute Gasteiger partial charge is 0.457 e. The monoisotopic (exact) mass is 227 g/mol. The molecule has 1 aromatic heterocycles. The summed E-state index contributed by atoms with van der Waals surface area (Å²) in [6.07, 6.45) is 1.72. The van der Waals surface area contributed by atoms with E-state index < -0.39 is 0 Å². The Morgan fingerprint density at radius 2 is 1.94 bits per heavy atom. The van der Waals surface area contributed by atoms with Crippen LogP contribution in [-0.2, 0) is 11.3 Å². The number of carbonyl (C=O) groups excluding carboxylic acids is 1. The summed E-state index contributed by atoms with van der Waals surface area (Å²) in [4.78, 5) is 15.8. The van der Waals surface area contributed by atoms with Crippen LogP contribution < -0.4 is 0 Å². The number of hydrogen-bond donors (Lipinski definition) is 0. The van der Waals surface area contributed by atoms with Crippen molar-refractivity contribution in [2.24, 2.45) is 0 Å².